The van der Waals surface area contributed by atoms with Crippen LogP contribution in [0.2, 0.25) is 5.02 Å². The highest BCUT2D eigenvalue weighted by Gasteiger charge is 2.25. The van der Waals surface area contributed by atoms with Crippen LogP contribution in [0.4, 0.5) is 5.95 Å². The van der Waals surface area contributed by atoms with Crippen molar-refractivity contribution in [1.29, 1.82) is 0 Å². The summed E-state index contributed by atoms with van der Waals surface area (Å²) in [7, 11) is 3.45. The Balaban J connectivity index is 1.63. The van der Waals surface area contributed by atoms with E-state index in [2.05, 4.69) is 14.9 Å². The summed E-state index contributed by atoms with van der Waals surface area (Å²) in [6.07, 6.45) is 1.94. The van der Waals surface area contributed by atoms with Crippen LogP contribution in [0.25, 0.3) is 22.1 Å². The van der Waals surface area contributed by atoms with E-state index >= 15 is 0 Å². The molecule has 4 aromatic rings. The second kappa shape index (κ2) is 7.28. The van der Waals surface area contributed by atoms with Gasteiger partial charge in [0, 0.05) is 54.8 Å². The monoisotopic (exact) mass is 441 g/mol. The van der Waals surface area contributed by atoms with Crippen molar-refractivity contribution in [3.05, 3.63) is 55.8 Å². The summed E-state index contributed by atoms with van der Waals surface area (Å²) in [4.78, 5) is 36.4. The van der Waals surface area contributed by atoms with Gasteiger partial charge in [0.25, 0.3) is 5.56 Å². The molecule has 3 aromatic heterocycles. The first-order valence-electron chi connectivity index (χ1n) is 10.3. The smallest absolute Gasteiger partial charge is 0.332 e. The van der Waals surface area contributed by atoms with Crippen molar-refractivity contribution < 1.29 is 0 Å². The van der Waals surface area contributed by atoms with Crippen molar-refractivity contribution in [1.82, 2.24) is 23.7 Å². The van der Waals surface area contributed by atoms with Gasteiger partial charge in [0.1, 0.15) is 0 Å². The Morgan fingerprint density at radius 3 is 2.81 bits per heavy atom. The van der Waals surface area contributed by atoms with E-state index < -0.39 is 5.69 Å². The highest BCUT2D eigenvalue weighted by Crippen LogP contribution is 2.24. The third-order valence-corrected chi connectivity index (χ3v) is 6.40. The molecule has 3 N–H and O–H groups in total. The lowest BCUT2D eigenvalue weighted by atomic mass is 10.1. The fourth-order valence-corrected chi connectivity index (χ4v) is 4.71. The number of anilines is 1. The number of H-pyrrole nitrogens is 1. The maximum Gasteiger partial charge on any atom is 0.332 e. The van der Waals surface area contributed by atoms with Crippen LogP contribution in [0.3, 0.4) is 0 Å². The number of piperidine rings is 1. The predicted octanol–water partition coefficient (Wildman–Crippen LogP) is 1.54. The molecule has 0 saturated carbocycles. The Hall–Kier alpha value is -3.04. The Morgan fingerprint density at radius 2 is 2.06 bits per heavy atom. The van der Waals surface area contributed by atoms with Gasteiger partial charge in [-0.15, -0.1) is 0 Å². The van der Waals surface area contributed by atoms with Gasteiger partial charge in [-0.25, -0.2) is 4.79 Å². The Labute approximate surface area is 182 Å². The molecule has 0 amide bonds. The van der Waals surface area contributed by atoms with Gasteiger partial charge in [-0.2, -0.15) is 4.98 Å². The lowest BCUT2D eigenvalue weighted by Gasteiger charge is -2.31. The second-order valence-electron chi connectivity index (χ2n) is 8.22. The SMILES string of the molecule is Cn1c(N2CCCC(N)C2)nc2c1c(=O)n(Cc1cc3c(Cl)cccc3[nH]1)c(=O)n2C. The average molecular weight is 442 g/mol. The van der Waals surface area contributed by atoms with Crippen LogP contribution in [0.1, 0.15) is 18.5 Å². The zero-order chi connectivity index (χ0) is 21.9. The molecular formula is C21H24ClN7O2. The van der Waals surface area contributed by atoms with E-state index in [4.69, 9.17) is 17.3 Å². The molecular weight excluding hydrogens is 418 g/mol. The van der Waals surface area contributed by atoms with E-state index in [9.17, 15) is 9.59 Å². The molecule has 0 bridgehead atoms. The minimum atomic E-state index is -0.415. The molecule has 162 valence electrons. The largest absolute Gasteiger partial charge is 0.357 e. The first-order chi connectivity index (χ1) is 14.8. The van der Waals surface area contributed by atoms with Gasteiger partial charge in [-0.3, -0.25) is 13.9 Å². The van der Waals surface area contributed by atoms with E-state index in [-0.39, 0.29) is 18.1 Å². The van der Waals surface area contributed by atoms with Crippen LogP contribution >= 0.6 is 11.6 Å². The summed E-state index contributed by atoms with van der Waals surface area (Å²) >= 11 is 6.27. The number of aromatic nitrogens is 5. The van der Waals surface area contributed by atoms with Gasteiger partial charge in [0.2, 0.25) is 5.95 Å². The standard InChI is InChI=1S/C21H24ClN7O2/c1-26-17-18(25-20(26)28-8-4-5-12(23)10-28)27(2)21(31)29(19(17)30)11-13-9-14-15(22)6-3-7-16(14)24-13/h3,6-7,9,12,24H,4-5,8,10-11,23H2,1-2H3. The summed E-state index contributed by atoms with van der Waals surface area (Å²) in [5.74, 6) is 0.660. The average Bonchev–Trinajstić information content (AvgIpc) is 3.31. The van der Waals surface area contributed by atoms with E-state index in [1.54, 1.807) is 11.6 Å². The number of hydrogen-bond acceptors (Lipinski definition) is 5. The maximum absolute atomic E-state index is 13.4. The number of aromatic amines is 1. The number of nitrogens with two attached hydrogens (primary N) is 1. The van der Waals surface area contributed by atoms with Crippen molar-refractivity contribution in [2.24, 2.45) is 19.8 Å². The lowest BCUT2D eigenvalue weighted by Crippen LogP contribution is -2.43. The molecule has 5 rings (SSSR count). The molecule has 1 fully saturated rings. The van der Waals surface area contributed by atoms with Gasteiger partial charge in [0.05, 0.1) is 6.54 Å². The van der Waals surface area contributed by atoms with Crippen molar-refractivity contribution in [2.45, 2.75) is 25.4 Å². The molecule has 1 aliphatic rings. The number of nitrogens with one attached hydrogen (secondary N) is 1. The molecule has 1 unspecified atom stereocenters. The lowest BCUT2D eigenvalue weighted by molar-refractivity contribution is 0.497. The zero-order valence-corrected chi connectivity index (χ0v) is 18.2. The minimum absolute atomic E-state index is 0.0721. The fraction of sp³-hybridized carbons (Fsp3) is 0.381. The van der Waals surface area contributed by atoms with Gasteiger partial charge >= 0.3 is 5.69 Å². The molecule has 1 atom stereocenters. The molecule has 1 aliphatic heterocycles. The van der Waals surface area contributed by atoms with Crippen molar-refractivity contribution >= 4 is 39.6 Å². The maximum atomic E-state index is 13.4. The van der Waals surface area contributed by atoms with E-state index in [0.717, 1.165) is 36.0 Å². The van der Waals surface area contributed by atoms with Crippen LogP contribution in [0.15, 0.2) is 33.9 Å². The topological polar surface area (TPSA) is 107 Å². The van der Waals surface area contributed by atoms with E-state index in [1.165, 1.54) is 9.13 Å². The molecule has 0 radical (unpaired) electrons. The number of aryl methyl sites for hydroxylation is 2. The molecule has 0 aliphatic carbocycles. The highest BCUT2D eigenvalue weighted by atomic mass is 35.5. The summed E-state index contributed by atoms with van der Waals surface area (Å²) in [5, 5.41) is 1.47. The Bertz CT molecular complexity index is 1430. The summed E-state index contributed by atoms with van der Waals surface area (Å²) in [6, 6.07) is 7.51. The highest BCUT2D eigenvalue weighted by molar-refractivity contribution is 6.35. The molecule has 10 heteroatoms. The first kappa shape index (κ1) is 19.9. The van der Waals surface area contributed by atoms with E-state index in [0.29, 0.717) is 28.7 Å². The normalized spacial score (nSPS) is 17.2. The van der Waals surface area contributed by atoms with Crippen LogP contribution in [0, 0.1) is 0 Å². The number of rotatable bonds is 3. The van der Waals surface area contributed by atoms with Crippen molar-refractivity contribution in [3.63, 3.8) is 0 Å². The minimum Gasteiger partial charge on any atom is -0.357 e. The number of imidazole rings is 1. The summed E-state index contributed by atoms with van der Waals surface area (Å²) in [6.45, 7) is 1.61. The van der Waals surface area contributed by atoms with Gasteiger partial charge < -0.3 is 20.2 Å². The Kier molecular flexibility index (Phi) is 4.67. The Morgan fingerprint density at radius 1 is 1.26 bits per heavy atom. The number of benzene rings is 1. The fourth-order valence-electron chi connectivity index (χ4n) is 4.48. The van der Waals surface area contributed by atoms with Crippen LogP contribution in [0.5, 0.6) is 0 Å². The number of hydrogen-bond donors (Lipinski definition) is 2. The second-order valence-corrected chi connectivity index (χ2v) is 8.63. The molecule has 1 aromatic carbocycles. The molecule has 9 nitrogen and oxygen atoms in total. The van der Waals surface area contributed by atoms with E-state index in [1.807, 2.05) is 31.3 Å². The summed E-state index contributed by atoms with van der Waals surface area (Å²) in [5.41, 5.74) is 7.70. The quantitative estimate of drug-likeness (QED) is 0.501. The molecule has 31 heavy (non-hydrogen) atoms. The summed E-state index contributed by atoms with van der Waals surface area (Å²) < 4.78 is 4.43. The van der Waals surface area contributed by atoms with Crippen LogP contribution in [-0.2, 0) is 20.6 Å². The van der Waals surface area contributed by atoms with Crippen molar-refractivity contribution in [3.8, 4) is 0 Å². The third-order valence-electron chi connectivity index (χ3n) is 6.07. The predicted molar refractivity (Wildman–Crippen MR) is 122 cm³/mol. The van der Waals surface area contributed by atoms with Crippen LogP contribution < -0.4 is 21.9 Å². The van der Waals surface area contributed by atoms with Crippen molar-refractivity contribution in [2.75, 3.05) is 18.0 Å². The number of nitrogens with zero attached hydrogens (tertiary/aromatic N) is 5. The van der Waals surface area contributed by atoms with Gasteiger partial charge in [-0.05, 0) is 31.0 Å². The first-order valence-corrected chi connectivity index (χ1v) is 10.7. The molecule has 1 saturated heterocycles. The third kappa shape index (κ3) is 3.16. The number of halogens is 1. The zero-order valence-electron chi connectivity index (χ0n) is 17.4. The molecule has 4 heterocycles. The van der Waals surface area contributed by atoms with Crippen LogP contribution in [-0.4, -0.2) is 42.8 Å². The van der Waals surface area contributed by atoms with Gasteiger partial charge in [0.15, 0.2) is 11.2 Å². The number of fused-ring (bicyclic) bond motifs is 2. The van der Waals surface area contributed by atoms with Gasteiger partial charge in [-0.1, -0.05) is 17.7 Å². The molecule has 0 spiro atoms.